The average molecular weight is 1920 g/mol. The molecule has 0 aliphatic carbocycles. The van der Waals surface area contributed by atoms with Gasteiger partial charge in [-0.15, -0.1) is 0 Å². The van der Waals surface area contributed by atoms with Gasteiger partial charge < -0.3 is 75.1 Å². The van der Waals surface area contributed by atoms with Crippen molar-refractivity contribution in [2.75, 3.05) is 52.4 Å². The maximum absolute atomic E-state index is 12.7. The molecule has 31 nitrogen and oxygen atoms in total. The second-order valence-corrected chi connectivity index (χ2v) is 40.8. The first-order valence-electron chi connectivity index (χ1n) is 55.7. The molecule has 0 aromatic rings. The number of alkyl carbamates (subject to hydrolysis) is 1. The molecular formula is C103H185N7O24. The van der Waals surface area contributed by atoms with Gasteiger partial charge in [0, 0.05) is 116 Å². The molecule has 0 radical (unpaired) electrons. The summed E-state index contributed by atoms with van der Waals surface area (Å²) in [6.45, 7) is 51.7. The zero-order valence-corrected chi connectivity index (χ0v) is 87.3. The van der Waals surface area contributed by atoms with Gasteiger partial charge in [-0.3, -0.25) is 62.3 Å². The van der Waals surface area contributed by atoms with Gasteiger partial charge in [0.2, 0.25) is 35.4 Å². The number of carbonyl (C=O) groups is 16. The van der Waals surface area contributed by atoms with Crippen LogP contribution >= 0.6 is 0 Å². The van der Waals surface area contributed by atoms with Crippen LogP contribution in [0.5, 0.6) is 0 Å². The summed E-state index contributed by atoms with van der Waals surface area (Å²) in [4.78, 5) is 193. The summed E-state index contributed by atoms with van der Waals surface area (Å²) in [6, 6.07) is -0.942. The molecule has 7 N–H and O–H groups in total. The highest BCUT2D eigenvalue weighted by Gasteiger charge is 2.54. The van der Waals surface area contributed by atoms with E-state index in [0.717, 1.165) is 6.42 Å². The van der Waals surface area contributed by atoms with E-state index in [9.17, 15) is 76.7 Å². The summed E-state index contributed by atoms with van der Waals surface area (Å²) in [7, 11) is 0. The van der Waals surface area contributed by atoms with Gasteiger partial charge in [0.25, 0.3) is 0 Å². The standard InChI is InChI=1S/2C18H31NO5.2C17H29NO4.C17H33NO3.C16H32N2O3/c2*1-6-23-18(22)16-15(24-16)14(20)10-13(9-12(4)5)17(21)19-8-7-11(2)3;2*1-10(2)6-7-18-17(21)13(8-11(3)4)9-14(20)16-15(22-16)12(5)19;1-12(2)8-9-18-16(20)14(10-13(3)4)11-15(19)21-17(5,6)7;1-11(2)8-9-17-14(19)13(10-12(3)4)18-15(20)21-16(5,6)7/h2*11-13,15-16H,6-10H2,1-5H3,(H,19,21);2*10-11,13,15-16H,6-9H2,1-5H3,(H,18,21);12-14H,8-11H2,1-7H3,(H,18,20);11-13H,8-10H2,1-7H3,(H,17,19)(H,18,20)/t2*13-,15-,16+;2*13-,15-,16-;14-;13-/m111110/s1/i7D2,8D2,11D;11D;6D2,7D2,10D;10D;12D;3D3/t5m;12?,13-. The van der Waals surface area contributed by atoms with Crippen LogP contribution < -0.4 is 37.2 Å². The SMILES string of the molecule is [2H]C(C)(C)C([2H])([2H])C([2H])([2H])NC(=O)[C@@H](CC(=O)[C@H]1O[C@@H]1C(=O)OCC)CC(C)C.[2H]C(C)(C)C([2H])([2H])C([2H])([2H])NC(=O)[C@@H](CC(=O)[C@H]1O[C@@H]1C(C)=O)CC(C)C.[2H]C(C)(C)CCNC(=O)[C@@H](CC(=O)OC(C)(C)C)CC(C)C.[2H]C(C)(C)CCNC(=O)[C@@H](CC(=O)[C@H]1O[C@@H]1C(=O)OCC)CC(C)C.[2H]C(C)(C)CCNC(=O)[C@@H](CC(=O)[C@H]1O[C@@H]1C(C)=O)CC(C)C.[2H]C([2H])([2H])C(C)C[C@H](NC(=O)OC(C)(C)C)C(=O)NCCC(C)C. The van der Waals surface area contributed by atoms with Crippen LogP contribution in [0.25, 0.3) is 0 Å². The topological polar surface area (TPSA) is 444 Å². The van der Waals surface area contributed by atoms with Crippen LogP contribution in [0.4, 0.5) is 4.79 Å². The monoisotopic (exact) mass is 1920 g/mol. The molecule has 7 amide bonds. The van der Waals surface area contributed by atoms with Gasteiger partial charge in [-0.1, -0.05) is 166 Å². The van der Waals surface area contributed by atoms with Crippen LogP contribution in [0.1, 0.15) is 366 Å². The van der Waals surface area contributed by atoms with E-state index >= 15 is 0 Å². The Morgan fingerprint density at radius 1 is 0.328 bits per heavy atom. The van der Waals surface area contributed by atoms with Gasteiger partial charge in [0.1, 0.15) is 41.7 Å². The van der Waals surface area contributed by atoms with Gasteiger partial charge in [-0.25, -0.2) is 14.4 Å². The van der Waals surface area contributed by atoms with Crippen molar-refractivity contribution in [2.24, 2.45) is 100 Å². The molecule has 0 aromatic carbocycles. The number of carbonyl (C=O) groups excluding carboxylic acids is 16. The minimum Gasteiger partial charge on any atom is -0.464 e. The van der Waals surface area contributed by atoms with Crippen LogP contribution in [-0.2, 0) is 110 Å². The molecule has 4 aliphatic rings. The van der Waals surface area contributed by atoms with Gasteiger partial charge in [0.15, 0.2) is 59.1 Å². The Labute approximate surface area is 828 Å². The zero-order chi connectivity index (χ0) is 118. The highest BCUT2D eigenvalue weighted by Crippen LogP contribution is 2.33. The molecule has 1 unspecified atom stereocenters. The Balaban J connectivity index is 0. The minimum absolute atomic E-state index is 0.00905. The second-order valence-electron chi connectivity index (χ2n) is 40.8. The van der Waals surface area contributed by atoms with E-state index in [4.69, 9.17) is 59.8 Å². The number of Topliss-reactive ketones (excluding diaryl/α,β-unsaturated/α-hetero) is 6. The normalized spacial score (nSPS) is 21.6. The lowest BCUT2D eigenvalue weighted by molar-refractivity contribution is -0.157. The summed E-state index contributed by atoms with van der Waals surface area (Å²) in [5.41, 5.74) is -1.23. The Bertz CT molecular complexity index is 4340. The first-order chi connectivity index (χ1) is 67.6. The van der Waals surface area contributed by atoms with Crippen molar-refractivity contribution < 1.29 is 137 Å². The predicted octanol–water partition coefficient (Wildman–Crippen LogP) is 15.1. The number of ketones is 6. The highest BCUT2D eigenvalue weighted by molar-refractivity contribution is 6.00. The molecule has 31 heteroatoms. The van der Waals surface area contributed by atoms with Crippen molar-refractivity contribution in [2.45, 2.75) is 410 Å². The fourth-order valence-electron chi connectivity index (χ4n) is 13.2. The van der Waals surface area contributed by atoms with E-state index in [0.29, 0.717) is 83.0 Å². The number of hydrogen-bond donors (Lipinski definition) is 7. The van der Waals surface area contributed by atoms with Crippen molar-refractivity contribution in [3.63, 3.8) is 0 Å². The van der Waals surface area contributed by atoms with Crippen LogP contribution in [0.15, 0.2) is 0 Å². The van der Waals surface area contributed by atoms with Gasteiger partial charge in [0.05, 0.1) is 19.6 Å². The molecule has 4 fully saturated rings. The summed E-state index contributed by atoms with van der Waals surface area (Å²) in [5, 5.41) is 17.8. The Hall–Kier alpha value is -7.64. The molecule has 0 aromatic heterocycles. The third-order valence-electron chi connectivity index (χ3n) is 19.7. The van der Waals surface area contributed by atoms with E-state index in [2.05, 4.69) is 26.6 Å². The maximum Gasteiger partial charge on any atom is 0.408 e. The van der Waals surface area contributed by atoms with Crippen LogP contribution in [0, 0.1) is 100 Å². The molecule has 4 saturated heterocycles. The fourth-order valence-corrected chi connectivity index (χ4v) is 13.2. The van der Waals surface area contributed by atoms with E-state index in [1.54, 1.807) is 62.3 Å². The van der Waals surface area contributed by atoms with Gasteiger partial charge in [-0.05, 0) is 217 Å². The molecule has 0 saturated carbocycles. The number of esters is 3. The van der Waals surface area contributed by atoms with E-state index < -0.39 is 205 Å². The molecule has 15 atom stereocenters. The molecule has 4 rings (SSSR count). The summed E-state index contributed by atoms with van der Waals surface area (Å²) >= 11 is 0. The van der Waals surface area contributed by atoms with E-state index in [1.807, 2.05) is 128 Å². The highest BCUT2D eigenvalue weighted by atomic mass is 16.7. The van der Waals surface area contributed by atoms with Gasteiger partial charge in [-0.2, -0.15) is 0 Å². The maximum atomic E-state index is 12.7. The molecule has 4 heterocycles. The Morgan fingerprint density at radius 3 is 0.843 bits per heavy atom. The number of hydrogen-bond acceptors (Lipinski definition) is 24. The first kappa shape index (κ1) is 101. The number of rotatable bonds is 57. The van der Waals surface area contributed by atoms with Crippen molar-refractivity contribution in [1.29, 1.82) is 0 Å². The lowest BCUT2D eigenvalue weighted by Crippen LogP contribution is -2.49. The predicted molar refractivity (Wildman–Crippen MR) is 520 cm³/mol. The molecule has 0 spiro atoms. The Kier molecular flexibility index (Phi) is 50.2. The van der Waals surface area contributed by atoms with Crippen molar-refractivity contribution in [1.82, 2.24) is 37.2 Å². The lowest BCUT2D eigenvalue weighted by atomic mass is 9.90. The number of epoxide rings is 4. The molecular weight excluding hydrogens is 1720 g/mol. The quantitative estimate of drug-likeness (QED) is 0.0169. The van der Waals surface area contributed by atoms with Gasteiger partial charge >= 0.3 is 24.0 Å². The average Bonchev–Trinajstić information content (AvgIpc) is 1.76. The molecule has 776 valence electrons. The van der Waals surface area contributed by atoms with E-state index in [-0.39, 0.29) is 135 Å². The summed E-state index contributed by atoms with van der Waals surface area (Å²) in [6.07, 6.45) is -7.90. The number of nitrogens with one attached hydrogen (secondary N) is 7. The van der Waals surface area contributed by atoms with Crippen LogP contribution in [-0.4, -0.2) is 213 Å². The van der Waals surface area contributed by atoms with Crippen LogP contribution in [0.2, 0.25) is 0 Å². The minimum atomic E-state index is -2.82. The van der Waals surface area contributed by atoms with Crippen molar-refractivity contribution >= 4 is 94.1 Å². The first-order valence-corrected chi connectivity index (χ1v) is 47.7. The third kappa shape index (κ3) is 63.7. The largest absolute Gasteiger partial charge is 0.464 e. The van der Waals surface area contributed by atoms with Crippen molar-refractivity contribution in [3.05, 3.63) is 0 Å². The molecule has 0 bridgehead atoms. The summed E-state index contributed by atoms with van der Waals surface area (Å²) in [5.74, 6) is -13.4. The smallest absolute Gasteiger partial charge is 0.408 e. The Morgan fingerprint density at radius 2 is 0.597 bits per heavy atom. The molecule has 4 aliphatic heterocycles. The van der Waals surface area contributed by atoms with Crippen molar-refractivity contribution in [3.8, 4) is 0 Å². The summed E-state index contributed by atoms with van der Waals surface area (Å²) < 4.78 is 165. The zero-order valence-electron chi connectivity index (χ0n) is 103. The van der Waals surface area contributed by atoms with Crippen LogP contribution in [0.3, 0.4) is 0 Å². The number of amides is 7. The second kappa shape index (κ2) is 66.8. The molecule has 134 heavy (non-hydrogen) atoms. The van der Waals surface area contributed by atoms with E-state index in [1.165, 1.54) is 48.5 Å². The number of ether oxygens (including phenoxy) is 8. The third-order valence-corrected chi connectivity index (χ3v) is 19.7. The fraction of sp³-hybridized carbons (Fsp3) is 0.845. The lowest BCUT2D eigenvalue weighted by Gasteiger charge is -2.24.